The molecule has 110 valence electrons. The second kappa shape index (κ2) is 6.93. The van der Waals surface area contributed by atoms with E-state index >= 15 is 0 Å². The molecule has 0 atom stereocenters. The van der Waals surface area contributed by atoms with Crippen LogP contribution in [-0.4, -0.2) is 5.97 Å². The number of carbonyl (C=O) groups excluding carboxylic acids is 1. The molecule has 0 fully saturated rings. The maximum absolute atomic E-state index is 11.5. The van der Waals surface area contributed by atoms with Crippen LogP contribution in [0.3, 0.4) is 0 Å². The highest BCUT2D eigenvalue weighted by atomic mass is 16.6. The molecular formula is C18H20O3. The maximum Gasteiger partial charge on any atom is 0.311 e. The van der Waals surface area contributed by atoms with Crippen molar-refractivity contribution in [1.82, 2.24) is 0 Å². The highest BCUT2D eigenvalue weighted by Crippen LogP contribution is 2.31. The number of benzene rings is 2. The third kappa shape index (κ3) is 4.09. The third-order valence-corrected chi connectivity index (χ3v) is 3.31. The molecule has 2 aromatic rings. The lowest BCUT2D eigenvalue weighted by Crippen LogP contribution is -2.08. The van der Waals surface area contributed by atoms with Crippen molar-refractivity contribution in [2.45, 2.75) is 33.8 Å². The highest BCUT2D eigenvalue weighted by molar-refractivity contribution is 5.73. The standard InChI is InChI=1S/C18H20O3/c1-4-18(19)21-17-11-14(3)13(2)10-16(17)20-12-15-8-6-5-7-9-15/h5-11H,4,12H2,1-3H3. The van der Waals surface area contributed by atoms with Crippen LogP contribution in [-0.2, 0) is 11.4 Å². The van der Waals surface area contributed by atoms with Gasteiger partial charge in [0.1, 0.15) is 6.61 Å². The lowest BCUT2D eigenvalue weighted by molar-refractivity contribution is -0.134. The Morgan fingerprint density at radius 2 is 1.62 bits per heavy atom. The molecule has 0 spiro atoms. The fourth-order valence-corrected chi connectivity index (χ4v) is 1.89. The number of carbonyl (C=O) groups is 1. The molecule has 0 saturated carbocycles. The van der Waals surface area contributed by atoms with Gasteiger partial charge in [-0.3, -0.25) is 4.79 Å². The molecule has 0 amide bonds. The Bertz CT molecular complexity index is 618. The van der Waals surface area contributed by atoms with Crippen molar-refractivity contribution < 1.29 is 14.3 Å². The van der Waals surface area contributed by atoms with Gasteiger partial charge in [0.2, 0.25) is 0 Å². The van der Waals surface area contributed by atoms with Gasteiger partial charge in [0.25, 0.3) is 0 Å². The fraction of sp³-hybridized carbons (Fsp3) is 0.278. The minimum Gasteiger partial charge on any atom is -0.485 e. The lowest BCUT2D eigenvalue weighted by Gasteiger charge is -2.14. The van der Waals surface area contributed by atoms with E-state index in [1.54, 1.807) is 6.92 Å². The molecule has 0 N–H and O–H groups in total. The first-order valence-corrected chi connectivity index (χ1v) is 7.08. The number of rotatable bonds is 5. The van der Waals surface area contributed by atoms with E-state index in [0.29, 0.717) is 24.5 Å². The molecule has 3 nitrogen and oxygen atoms in total. The summed E-state index contributed by atoms with van der Waals surface area (Å²) >= 11 is 0. The van der Waals surface area contributed by atoms with Crippen LogP contribution in [0.25, 0.3) is 0 Å². The first-order valence-electron chi connectivity index (χ1n) is 7.08. The van der Waals surface area contributed by atoms with Crippen LogP contribution in [0.2, 0.25) is 0 Å². The van der Waals surface area contributed by atoms with Crippen molar-refractivity contribution in [2.75, 3.05) is 0 Å². The summed E-state index contributed by atoms with van der Waals surface area (Å²) in [7, 11) is 0. The molecule has 0 aliphatic carbocycles. The van der Waals surface area contributed by atoms with Gasteiger partial charge in [0.05, 0.1) is 0 Å². The summed E-state index contributed by atoms with van der Waals surface area (Å²) in [6.07, 6.45) is 0.338. The van der Waals surface area contributed by atoms with Gasteiger partial charge in [0.15, 0.2) is 11.5 Å². The van der Waals surface area contributed by atoms with Crippen LogP contribution in [0.1, 0.15) is 30.0 Å². The molecule has 0 radical (unpaired) electrons. The van der Waals surface area contributed by atoms with Crippen molar-refractivity contribution in [2.24, 2.45) is 0 Å². The lowest BCUT2D eigenvalue weighted by atomic mass is 10.1. The van der Waals surface area contributed by atoms with E-state index in [1.807, 2.05) is 56.3 Å². The van der Waals surface area contributed by atoms with Gasteiger partial charge in [-0.05, 0) is 42.7 Å². The zero-order valence-corrected chi connectivity index (χ0v) is 12.7. The Hall–Kier alpha value is -2.29. The second-order valence-corrected chi connectivity index (χ2v) is 4.99. The summed E-state index contributed by atoms with van der Waals surface area (Å²) in [5.74, 6) is 0.826. The molecule has 2 aromatic carbocycles. The van der Waals surface area contributed by atoms with Crippen molar-refractivity contribution >= 4 is 5.97 Å². The Labute approximate surface area is 125 Å². The average molecular weight is 284 g/mol. The first kappa shape index (κ1) is 15.1. The van der Waals surface area contributed by atoms with E-state index in [1.165, 1.54) is 0 Å². The zero-order valence-electron chi connectivity index (χ0n) is 12.7. The predicted molar refractivity (Wildman–Crippen MR) is 82.6 cm³/mol. The summed E-state index contributed by atoms with van der Waals surface area (Å²) in [6, 6.07) is 13.7. The molecule has 3 heteroatoms. The van der Waals surface area contributed by atoms with Crippen LogP contribution in [0.5, 0.6) is 11.5 Å². The third-order valence-electron chi connectivity index (χ3n) is 3.31. The van der Waals surface area contributed by atoms with Crippen LogP contribution in [0, 0.1) is 13.8 Å². The second-order valence-electron chi connectivity index (χ2n) is 4.99. The van der Waals surface area contributed by atoms with Gasteiger partial charge in [-0.15, -0.1) is 0 Å². The molecule has 0 heterocycles. The smallest absolute Gasteiger partial charge is 0.311 e. The van der Waals surface area contributed by atoms with Crippen LogP contribution in [0.15, 0.2) is 42.5 Å². The van der Waals surface area contributed by atoms with Crippen molar-refractivity contribution in [1.29, 1.82) is 0 Å². The van der Waals surface area contributed by atoms with E-state index in [9.17, 15) is 4.79 Å². The quantitative estimate of drug-likeness (QED) is 0.610. The largest absolute Gasteiger partial charge is 0.485 e. The highest BCUT2D eigenvalue weighted by Gasteiger charge is 2.11. The molecule has 0 aliphatic heterocycles. The number of aryl methyl sites for hydroxylation is 2. The Morgan fingerprint density at radius 1 is 1.00 bits per heavy atom. The summed E-state index contributed by atoms with van der Waals surface area (Å²) in [5, 5.41) is 0. The van der Waals surface area contributed by atoms with Gasteiger partial charge in [0, 0.05) is 6.42 Å². The molecule has 0 bridgehead atoms. The van der Waals surface area contributed by atoms with E-state index in [0.717, 1.165) is 16.7 Å². The SMILES string of the molecule is CCC(=O)Oc1cc(C)c(C)cc1OCc1ccccc1. The van der Waals surface area contributed by atoms with E-state index in [4.69, 9.17) is 9.47 Å². The Balaban J connectivity index is 2.20. The number of esters is 1. The van der Waals surface area contributed by atoms with Gasteiger partial charge in [-0.25, -0.2) is 0 Å². The minimum absolute atomic E-state index is 0.261. The molecule has 2 rings (SSSR count). The zero-order chi connectivity index (χ0) is 15.2. The van der Waals surface area contributed by atoms with E-state index in [2.05, 4.69) is 0 Å². The van der Waals surface area contributed by atoms with Gasteiger partial charge >= 0.3 is 5.97 Å². The molecule has 0 unspecified atom stereocenters. The van der Waals surface area contributed by atoms with Crippen molar-refractivity contribution in [3.05, 3.63) is 59.2 Å². The minimum atomic E-state index is -0.261. The van der Waals surface area contributed by atoms with E-state index < -0.39 is 0 Å². The number of hydrogen-bond donors (Lipinski definition) is 0. The first-order chi connectivity index (χ1) is 10.1. The van der Waals surface area contributed by atoms with Crippen LogP contribution < -0.4 is 9.47 Å². The topological polar surface area (TPSA) is 35.5 Å². The monoisotopic (exact) mass is 284 g/mol. The van der Waals surface area contributed by atoms with Gasteiger partial charge in [-0.2, -0.15) is 0 Å². The molecule has 21 heavy (non-hydrogen) atoms. The summed E-state index contributed by atoms with van der Waals surface area (Å²) in [4.78, 5) is 11.5. The fourth-order valence-electron chi connectivity index (χ4n) is 1.89. The molecular weight excluding hydrogens is 264 g/mol. The molecule has 0 aromatic heterocycles. The molecule has 0 aliphatic rings. The predicted octanol–water partition coefficient (Wildman–Crippen LogP) is 4.20. The summed E-state index contributed by atoms with van der Waals surface area (Å²) < 4.78 is 11.2. The number of ether oxygens (including phenoxy) is 2. The van der Waals surface area contributed by atoms with Crippen LogP contribution >= 0.6 is 0 Å². The average Bonchev–Trinajstić information content (AvgIpc) is 2.50. The summed E-state index contributed by atoms with van der Waals surface area (Å²) in [6.45, 7) is 6.21. The normalized spacial score (nSPS) is 10.2. The Morgan fingerprint density at radius 3 is 2.24 bits per heavy atom. The van der Waals surface area contributed by atoms with Crippen molar-refractivity contribution in [3.63, 3.8) is 0 Å². The van der Waals surface area contributed by atoms with E-state index in [-0.39, 0.29) is 5.97 Å². The Kier molecular flexibility index (Phi) is 4.99. The summed E-state index contributed by atoms with van der Waals surface area (Å²) in [5.41, 5.74) is 3.25. The van der Waals surface area contributed by atoms with Crippen LogP contribution in [0.4, 0.5) is 0 Å². The number of hydrogen-bond acceptors (Lipinski definition) is 3. The van der Waals surface area contributed by atoms with Gasteiger partial charge < -0.3 is 9.47 Å². The van der Waals surface area contributed by atoms with Gasteiger partial charge in [-0.1, -0.05) is 37.3 Å². The maximum atomic E-state index is 11.5. The molecule has 0 saturated heterocycles. The van der Waals surface area contributed by atoms with Crippen molar-refractivity contribution in [3.8, 4) is 11.5 Å².